The van der Waals surface area contributed by atoms with Crippen molar-refractivity contribution in [1.82, 2.24) is 64.1 Å². The Hall–Kier alpha value is -6.17. The van der Waals surface area contributed by atoms with Crippen molar-refractivity contribution in [1.29, 1.82) is 0 Å². The lowest BCUT2D eigenvalue weighted by Crippen LogP contribution is -2.57. The number of halogens is 6. The highest BCUT2D eigenvalue weighted by Crippen LogP contribution is 2.36. The quantitative estimate of drug-likeness (QED) is 0.162. The van der Waals surface area contributed by atoms with Crippen LogP contribution in [0.25, 0.3) is 55.4 Å². The van der Waals surface area contributed by atoms with Crippen LogP contribution in [0.2, 0.25) is 0 Å². The van der Waals surface area contributed by atoms with Gasteiger partial charge in [-0.25, -0.2) is 36.6 Å². The normalized spacial score (nSPS) is 21.2. The van der Waals surface area contributed by atoms with E-state index in [2.05, 4.69) is 85.0 Å². The van der Waals surface area contributed by atoms with Gasteiger partial charge < -0.3 is 29.5 Å². The van der Waals surface area contributed by atoms with Crippen LogP contribution in [0.15, 0.2) is 90.4 Å². The third-order valence-corrected chi connectivity index (χ3v) is 14.9. The second kappa shape index (κ2) is 23.2. The Morgan fingerprint density at radius 2 is 1.12 bits per heavy atom. The van der Waals surface area contributed by atoms with E-state index in [0.717, 1.165) is 121 Å². The molecule has 0 amide bonds. The molecule has 4 atom stereocenters. The molecule has 0 radical (unpaired) electrons. The van der Waals surface area contributed by atoms with Crippen LogP contribution >= 0.6 is 15.9 Å². The number of hydrogen-bond acceptors (Lipinski definition) is 14. The van der Waals surface area contributed by atoms with Gasteiger partial charge in [0.2, 0.25) is 0 Å². The zero-order valence-electron chi connectivity index (χ0n) is 41.7. The standard InChI is InChI=1S/C26H29F2N7O.C16H10BrFN4O.C10H20FN3.FH/c1-32-7-9-33(10-8-32)24-4-6-34(16-22(24)28)17-13-30-26-20(14-31-35(26)15-17)18-3-5-29-23-12-21(27)25(36-2)11-19(18)23;1-23-15-4-11-10(2-3-19-14(11)5-13(15)18)12-7-21-22-8-9(17)6-20-16(12)22;1-13-4-6-14(7-5-13)10-2-3-12-8-9(10)11;/h3,5,11-15,22,24H,4,6-10,16H2,1-2H3;2-8H,1H3;9-10,12H,2-8H2,1H3;1H. The van der Waals surface area contributed by atoms with E-state index in [0.29, 0.717) is 35.4 Å². The van der Waals surface area contributed by atoms with Crippen molar-refractivity contribution in [3.05, 3.63) is 102 Å². The van der Waals surface area contributed by atoms with Crippen LogP contribution in [0, 0.1) is 11.6 Å². The lowest BCUT2D eigenvalue weighted by Gasteiger charge is -2.44. The number of hydrogen-bond donors (Lipinski definition) is 1. The number of anilines is 1. The summed E-state index contributed by atoms with van der Waals surface area (Å²) in [4.78, 5) is 28.9. The second-order valence-electron chi connectivity index (χ2n) is 19.0. The lowest BCUT2D eigenvalue weighted by molar-refractivity contribution is 0.0476. The van der Waals surface area contributed by atoms with Gasteiger partial charge in [-0.05, 0) is 84.8 Å². The zero-order chi connectivity index (χ0) is 50.8. The number of ether oxygens (including phenoxy) is 2. The first-order valence-corrected chi connectivity index (χ1v) is 25.4. The summed E-state index contributed by atoms with van der Waals surface area (Å²) < 4.78 is 71.5. The van der Waals surface area contributed by atoms with Gasteiger partial charge in [-0.2, -0.15) is 10.2 Å². The van der Waals surface area contributed by atoms with E-state index in [-0.39, 0.29) is 28.3 Å². The average Bonchev–Trinajstić information content (AvgIpc) is 4.03. The molecule has 16 nitrogen and oxygen atoms in total. The molecule has 6 aromatic heterocycles. The molecule has 0 saturated carbocycles. The molecule has 0 aliphatic carbocycles. The lowest BCUT2D eigenvalue weighted by atomic mass is 10.00. The predicted molar refractivity (Wildman–Crippen MR) is 280 cm³/mol. The van der Waals surface area contributed by atoms with Gasteiger partial charge in [0, 0.05) is 136 Å². The summed E-state index contributed by atoms with van der Waals surface area (Å²) in [7, 11) is 7.13. The van der Waals surface area contributed by atoms with Gasteiger partial charge in [0.1, 0.15) is 12.3 Å². The van der Waals surface area contributed by atoms with Gasteiger partial charge in [0.15, 0.2) is 34.4 Å². The van der Waals surface area contributed by atoms with Gasteiger partial charge in [0.25, 0.3) is 0 Å². The van der Waals surface area contributed by atoms with Crippen LogP contribution in [-0.4, -0.2) is 190 Å². The number of nitrogens with zero attached hydrogens (tertiary/aromatic N) is 13. The Morgan fingerprint density at radius 1 is 0.608 bits per heavy atom. The number of methoxy groups -OCH3 is 2. The first-order valence-electron chi connectivity index (χ1n) is 24.6. The van der Waals surface area contributed by atoms with Crippen molar-refractivity contribution < 1.29 is 31.7 Å². The summed E-state index contributed by atoms with van der Waals surface area (Å²) in [5.74, 6) is -0.561. The van der Waals surface area contributed by atoms with E-state index >= 15 is 4.39 Å². The third-order valence-electron chi connectivity index (χ3n) is 14.5. The van der Waals surface area contributed by atoms with Crippen molar-refractivity contribution in [2.24, 2.45) is 0 Å². The Bertz CT molecular complexity index is 3210. The molecule has 8 aromatic rings. The van der Waals surface area contributed by atoms with E-state index in [1.807, 2.05) is 24.5 Å². The molecule has 4 saturated heterocycles. The van der Waals surface area contributed by atoms with Crippen molar-refractivity contribution >= 4 is 54.7 Å². The molecule has 4 fully saturated rings. The molecule has 12 rings (SSSR count). The number of pyridine rings is 2. The first kappa shape index (κ1) is 52.7. The van der Waals surface area contributed by atoms with E-state index in [1.54, 1.807) is 58.3 Å². The maximum Gasteiger partial charge on any atom is 0.167 e. The fourth-order valence-corrected chi connectivity index (χ4v) is 10.7. The molecule has 74 heavy (non-hydrogen) atoms. The Kier molecular flexibility index (Phi) is 16.5. The summed E-state index contributed by atoms with van der Waals surface area (Å²) in [6.07, 6.45) is 14.2. The van der Waals surface area contributed by atoms with E-state index < -0.39 is 24.0 Å². The SMILES string of the molecule is CN1CCN(C2CCNCC2F)CC1.COc1cc2c(-c3cnn4cc(Br)cnc34)ccnc2cc1F.COc1cc2c(-c3cnn4cc(N5CCC(N6CCN(C)CC6)C(F)C5)cnc34)ccnc2cc1F.F. The van der Waals surface area contributed by atoms with Crippen molar-refractivity contribution in [3.8, 4) is 33.8 Å². The largest absolute Gasteiger partial charge is 0.494 e. The average molecular weight is 1090 g/mol. The molecule has 4 aliphatic heterocycles. The summed E-state index contributed by atoms with van der Waals surface area (Å²) in [5, 5.41) is 13.5. The van der Waals surface area contributed by atoms with Crippen LogP contribution in [0.5, 0.6) is 11.5 Å². The van der Waals surface area contributed by atoms with Gasteiger partial charge in [0.05, 0.1) is 66.7 Å². The topological polar surface area (TPSA) is 133 Å². The number of piperidine rings is 2. The van der Waals surface area contributed by atoms with Crippen molar-refractivity contribution in [3.63, 3.8) is 0 Å². The van der Waals surface area contributed by atoms with Crippen molar-refractivity contribution in [2.75, 3.05) is 112 Å². The van der Waals surface area contributed by atoms with E-state index in [1.165, 1.54) is 26.4 Å². The smallest absolute Gasteiger partial charge is 0.167 e. The molecule has 392 valence electrons. The minimum atomic E-state index is -0.912. The van der Waals surface area contributed by atoms with Crippen LogP contribution in [0.3, 0.4) is 0 Å². The van der Waals surface area contributed by atoms with Gasteiger partial charge in [-0.15, -0.1) is 0 Å². The van der Waals surface area contributed by atoms with Gasteiger partial charge >= 0.3 is 0 Å². The van der Waals surface area contributed by atoms with E-state index in [9.17, 15) is 13.2 Å². The molecular formula is C52H60BrF5N14O2. The highest BCUT2D eigenvalue weighted by molar-refractivity contribution is 9.10. The molecule has 4 aliphatic rings. The molecule has 22 heteroatoms. The number of rotatable bonds is 7. The molecular weight excluding hydrogens is 1030 g/mol. The maximum absolute atomic E-state index is 15.3. The van der Waals surface area contributed by atoms with Crippen LogP contribution in [0.4, 0.5) is 28.0 Å². The van der Waals surface area contributed by atoms with Crippen LogP contribution < -0.4 is 19.7 Å². The molecule has 0 spiro atoms. The molecule has 4 unspecified atom stereocenters. The minimum Gasteiger partial charge on any atom is -0.494 e. The first-order chi connectivity index (χ1) is 35.5. The predicted octanol–water partition coefficient (Wildman–Crippen LogP) is 7.20. The zero-order valence-corrected chi connectivity index (χ0v) is 43.3. The van der Waals surface area contributed by atoms with E-state index in [4.69, 9.17) is 14.5 Å². The summed E-state index contributed by atoms with van der Waals surface area (Å²) in [5.41, 5.74) is 6.67. The summed E-state index contributed by atoms with van der Waals surface area (Å²) in [6.45, 7) is 10.7. The third kappa shape index (κ3) is 11.1. The molecule has 0 bridgehead atoms. The molecule has 10 heterocycles. The highest BCUT2D eigenvalue weighted by atomic mass is 79.9. The van der Waals surface area contributed by atoms with Crippen molar-refractivity contribution in [2.45, 2.75) is 37.3 Å². The number of alkyl halides is 2. The number of likely N-dealkylation sites (N-methyl/N-ethyl adjacent to an activating group) is 2. The number of aromatic nitrogens is 8. The Morgan fingerprint density at radius 3 is 1.64 bits per heavy atom. The maximum atomic E-state index is 15.3. The second-order valence-corrected chi connectivity index (χ2v) is 20.0. The van der Waals surface area contributed by atoms with Gasteiger partial charge in [-0.3, -0.25) is 24.5 Å². The minimum absolute atomic E-state index is 0. The van der Waals surface area contributed by atoms with Gasteiger partial charge in [-0.1, -0.05) is 0 Å². The van der Waals surface area contributed by atoms with Crippen LogP contribution in [0.1, 0.15) is 12.8 Å². The summed E-state index contributed by atoms with van der Waals surface area (Å²) in [6, 6.07) is 9.91. The monoisotopic (exact) mass is 1090 g/mol. The Balaban J connectivity index is 0.000000151. The number of benzene rings is 2. The number of nitrogens with one attached hydrogen (secondary N) is 1. The Labute approximate surface area is 433 Å². The molecule has 2 aromatic carbocycles. The number of fused-ring (bicyclic) bond motifs is 4. The summed E-state index contributed by atoms with van der Waals surface area (Å²) >= 11 is 3.37. The van der Waals surface area contributed by atoms with Crippen LogP contribution in [-0.2, 0) is 0 Å². The molecule has 1 N–H and O–H groups in total. The highest BCUT2D eigenvalue weighted by Gasteiger charge is 2.35. The number of piperazine rings is 2. The fraction of sp³-hybridized carbons (Fsp3) is 0.423. The fourth-order valence-electron chi connectivity index (χ4n) is 10.4.